The van der Waals surface area contributed by atoms with Crippen LogP contribution in [0.25, 0.3) is 0 Å². The minimum absolute atomic E-state index is 0.525. The Morgan fingerprint density at radius 3 is 2.88 bits per heavy atom. The number of nitrogens with zero attached hydrogens (tertiary/aromatic N) is 2. The zero-order valence-corrected chi connectivity index (χ0v) is 10.7. The molecule has 0 amide bonds. The number of ether oxygens (including phenoxy) is 1. The Morgan fingerprint density at radius 2 is 2.29 bits per heavy atom. The minimum atomic E-state index is -0.678. The fraction of sp³-hybridized carbons (Fsp3) is 0.615. The molecule has 94 valence electrons. The van der Waals surface area contributed by atoms with Crippen LogP contribution in [-0.4, -0.2) is 36.3 Å². The lowest BCUT2D eigenvalue weighted by molar-refractivity contribution is 0.279. The lowest BCUT2D eigenvalue weighted by Gasteiger charge is -2.17. The van der Waals surface area contributed by atoms with Crippen LogP contribution in [0.5, 0.6) is 5.75 Å². The van der Waals surface area contributed by atoms with E-state index in [-0.39, 0.29) is 0 Å². The topological polar surface area (TPSA) is 25.4 Å². The van der Waals surface area contributed by atoms with E-state index in [2.05, 4.69) is 9.88 Å². The van der Waals surface area contributed by atoms with Crippen molar-refractivity contribution in [3.05, 3.63) is 23.0 Å². The normalized spacial score (nSPS) is 20.8. The molecule has 1 saturated heterocycles. The van der Waals surface area contributed by atoms with Crippen molar-refractivity contribution in [1.29, 1.82) is 0 Å². The smallest absolute Gasteiger partial charge is 0.128 e. The fourth-order valence-corrected chi connectivity index (χ4v) is 2.37. The van der Waals surface area contributed by atoms with Gasteiger partial charge in [-0.05, 0) is 20.3 Å². The van der Waals surface area contributed by atoms with Gasteiger partial charge in [0.15, 0.2) is 0 Å². The summed E-state index contributed by atoms with van der Waals surface area (Å²) in [4.78, 5) is 6.54. The summed E-state index contributed by atoms with van der Waals surface area (Å²) >= 11 is 0. The van der Waals surface area contributed by atoms with E-state index in [9.17, 15) is 4.39 Å². The lowest BCUT2D eigenvalue weighted by Crippen LogP contribution is -2.21. The number of aromatic nitrogens is 1. The first kappa shape index (κ1) is 12.3. The van der Waals surface area contributed by atoms with Crippen LogP contribution in [0.15, 0.2) is 6.20 Å². The molecule has 2 heterocycles. The number of likely N-dealkylation sites (tertiary alicyclic amines) is 1. The molecule has 0 saturated carbocycles. The second-order valence-electron chi connectivity index (χ2n) is 4.67. The summed E-state index contributed by atoms with van der Waals surface area (Å²) in [5.41, 5.74) is 3.09. The standard InChI is InChI=1S/C13H19FN2O/c1-9-6-15-12(10(2)13(9)17-3)8-16-5-4-11(14)7-16/h6,11H,4-5,7-8H2,1-3H3. The number of aryl methyl sites for hydroxylation is 1. The van der Waals surface area contributed by atoms with Crippen LogP contribution < -0.4 is 4.74 Å². The highest BCUT2D eigenvalue weighted by Crippen LogP contribution is 2.25. The molecule has 0 radical (unpaired) electrons. The summed E-state index contributed by atoms with van der Waals surface area (Å²) in [5.74, 6) is 0.894. The third kappa shape index (κ3) is 2.57. The second-order valence-corrected chi connectivity index (χ2v) is 4.67. The predicted octanol–water partition coefficient (Wildman–Crippen LogP) is 2.25. The minimum Gasteiger partial charge on any atom is -0.496 e. The van der Waals surface area contributed by atoms with Gasteiger partial charge in [0.25, 0.3) is 0 Å². The van der Waals surface area contributed by atoms with Crippen molar-refractivity contribution in [2.75, 3.05) is 20.2 Å². The van der Waals surface area contributed by atoms with Crippen LogP contribution >= 0.6 is 0 Å². The number of pyridine rings is 1. The van der Waals surface area contributed by atoms with Crippen molar-refractivity contribution in [2.45, 2.75) is 33.0 Å². The first-order valence-corrected chi connectivity index (χ1v) is 5.97. The van der Waals surface area contributed by atoms with Gasteiger partial charge >= 0.3 is 0 Å². The van der Waals surface area contributed by atoms with E-state index in [4.69, 9.17) is 4.74 Å². The van der Waals surface area contributed by atoms with E-state index in [0.717, 1.165) is 29.1 Å². The molecule has 4 heteroatoms. The van der Waals surface area contributed by atoms with Crippen molar-refractivity contribution < 1.29 is 9.13 Å². The highest BCUT2D eigenvalue weighted by molar-refractivity contribution is 5.41. The molecule has 1 atom stereocenters. The van der Waals surface area contributed by atoms with E-state index in [0.29, 0.717) is 19.5 Å². The van der Waals surface area contributed by atoms with Crippen LogP contribution in [0.4, 0.5) is 4.39 Å². The van der Waals surface area contributed by atoms with E-state index in [1.807, 2.05) is 20.0 Å². The molecule has 3 nitrogen and oxygen atoms in total. The van der Waals surface area contributed by atoms with Gasteiger partial charge in [-0.2, -0.15) is 0 Å². The Kier molecular flexibility index (Phi) is 3.62. The summed E-state index contributed by atoms with van der Waals surface area (Å²) < 4.78 is 18.5. The second kappa shape index (κ2) is 5.00. The first-order valence-electron chi connectivity index (χ1n) is 5.97. The maximum absolute atomic E-state index is 13.1. The van der Waals surface area contributed by atoms with Gasteiger partial charge in [0, 0.05) is 37.0 Å². The van der Waals surface area contributed by atoms with Gasteiger partial charge in [0.2, 0.25) is 0 Å². The molecule has 1 fully saturated rings. The summed E-state index contributed by atoms with van der Waals surface area (Å²) in [6, 6.07) is 0. The summed E-state index contributed by atoms with van der Waals surface area (Å²) in [6.45, 7) is 6.05. The van der Waals surface area contributed by atoms with Crippen molar-refractivity contribution in [2.24, 2.45) is 0 Å². The maximum atomic E-state index is 13.1. The van der Waals surface area contributed by atoms with Crippen LogP contribution in [0.2, 0.25) is 0 Å². The van der Waals surface area contributed by atoms with Crippen molar-refractivity contribution in [1.82, 2.24) is 9.88 Å². The number of methoxy groups -OCH3 is 1. The molecule has 17 heavy (non-hydrogen) atoms. The van der Waals surface area contributed by atoms with Gasteiger partial charge in [-0.3, -0.25) is 9.88 Å². The molecule has 0 aromatic carbocycles. The van der Waals surface area contributed by atoms with Crippen molar-refractivity contribution in [3.8, 4) is 5.75 Å². The molecule has 1 aliphatic heterocycles. The molecular formula is C13H19FN2O. The molecule has 0 aliphatic carbocycles. The SMILES string of the molecule is COc1c(C)cnc(CN2CCC(F)C2)c1C. The largest absolute Gasteiger partial charge is 0.496 e. The van der Waals surface area contributed by atoms with Crippen LogP contribution in [0.1, 0.15) is 23.2 Å². The van der Waals surface area contributed by atoms with Gasteiger partial charge in [0.1, 0.15) is 11.9 Å². The summed E-state index contributed by atoms with van der Waals surface area (Å²) in [6.07, 6.45) is 1.79. The molecule has 1 aliphatic rings. The van der Waals surface area contributed by atoms with Crippen LogP contribution in [0.3, 0.4) is 0 Å². The number of rotatable bonds is 3. The van der Waals surface area contributed by atoms with E-state index in [1.54, 1.807) is 7.11 Å². The third-order valence-corrected chi connectivity index (χ3v) is 3.34. The maximum Gasteiger partial charge on any atom is 0.128 e. The van der Waals surface area contributed by atoms with Gasteiger partial charge in [0.05, 0.1) is 12.8 Å². The van der Waals surface area contributed by atoms with Crippen LogP contribution in [0, 0.1) is 13.8 Å². The number of halogens is 1. The van der Waals surface area contributed by atoms with Gasteiger partial charge in [-0.25, -0.2) is 4.39 Å². The third-order valence-electron chi connectivity index (χ3n) is 3.34. The van der Waals surface area contributed by atoms with Crippen LogP contribution in [-0.2, 0) is 6.54 Å². The van der Waals surface area contributed by atoms with E-state index < -0.39 is 6.17 Å². The van der Waals surface area contributed by atoms with Gasteiger partial charge in [-0.15, -0.1) is 0 Å². The molecule has 0 spiro atoms. The lowest BCUT2D eigenvalue weighted by atomic mass is 10.1. The fourth-order valence-electron chi connectivity index (χ4n) is 2.37. The monoisotopic (exact) mass is 238 g/mol. The van der Waals surface area contributed by atoms with Crippen molar-refractivity contribution >= 4 is 0 Å². The summed E-state index contributed by atoms with van der Waals surface area (Å²) in [7, 11) is 1.67. The Bertz CT molecular complexity index is 409. The van der Waals surface area contributed by atoms with Gasteiger partial charge < -0.3 is 4.74 Å². The Balaban J connectivity index is 2.16. The quantitative estimate of drug-likeness (QED) is 0.807. The predicted molar refractivity (Wildman–Crippen MR) is 65.1 cm³/mol. The highest BCUT2D eigenvalue weighted by atomic mass is 19.1. The van der Waals surface area contributed by atoms with E-state index in [1.165, 1.54) is 0 Å². The molecule has 0 N–H and O–H groups in total. The molecule has 1 unspecified atom stereocenters. The Labute approximate surface area is 102 Å². The Morgan fingerprint density at radius 1 is 1.53 bits per heavy atom. The number of alkyl halides is 1. The zero-order chi connectivity index (χ0) is 12.4. The van der Waals surface area contributed by atoms with E-state index >= 15 is 0 Å². The average molecular weight is 238 g/mol. The zero-order valence-electron chi connectivity index (χ0n) is 10.7. The number of hydrogen-bond acceptors (Lipinski definition) is 3. The molecule has 0 bridgehead atoms. The molecule has 1 aromatic rings. The average Bonchev–Trinajstić information content (AvgIpc) is 2.69. The Hall–Kier alpha value is -1.16. The van der Waals surface area contributed by atoms with Crippen molar-refractivity contribution in [3.63, 3.8) is 0 Å². The molecule has 2 rings (SSSR count). The van der Waals surface area contributed by atoms with Gasteiger partial charge in [-0.1, -0.05) is 0 Å². The number of hydrogen-bond donors (Lipinski definition) is 0. The summed E-state index contributed by atoms with van der Waals surface area (Å²) in [5, 5.41) is 0. The molecule has 1 aromatic heterocycles. The first-order chi connectivity index (χ1) is 8.11. The highest BCUT2D eigenvalue weighted by Gasteiger charge is 2.23. The molecular weight excluding hydrogens is 219 g/mol.